The highest BCUT2D eigenvalue weighted by molar-refractivity contribution is 6.33. The Morgan fingerprint density at radius 3 is 2.71 bits per heavy atom. The smallest absolute Gasteiger partial charge is 0.251 e. The lowest BCUT2D eigenvalue weighted by molar-refractivity contribution is 0.0942. The van der Waals surface area contributed by atoms with Crippen molar-refractivity contribution in [1.82, 2.24) is 10.5 Å². The van der Waals surface area contributed by atoms with Crippen molar-refractivity contribution in [3.05, 3.63) is 76.0 Å². The molecule has 1 saturated carbocycles. The van der Waals surface area contributed by atoms with Gasteiger partial charge < -0.3 is 9.84 Å². The van der Waals surface area contributed by atoms with Crippen LogP contribution < -0.4 is 5.32 Å². The summed E-state index contributed by atoms with van der Waals surface area (Å²) in [4.78, 5) is 25.0. The van der Waals surface area contributed by atoms with E-state index in [4.69, 9.17) is 16.1 Å². The SMILES string of the molecule is Cc1ccc(C(=O)NC2CC2)cc1CC(=O)c1cc(-c2ccccc2Cl)no1. The molecule has 0 unspecified atom stereocenters. The van der Waals surface area contributed by atoms with E-state index < -0.39 is 0 Å². The normalized spacial score (nSPS) is 13.4. The molecule has 6 heteroatoms. The molecule has 1 amide bonds. The van der Waals surface area contributed by atoms with Crippen LogP contribution in [-0.4, -0.2) is 22.9 Å². The summed E-state index contributed by atoms with van der Waals surface area (Å²) in [6.07, 6.45) is 2.19. The van der Waals surface area contributed by atoms with E-state index in [1.54, 1.807) is 24.3 Å². The van der Waals surface area contributed by atoms with Crippen molar-refractivity contribution in [2.24, 2.45) is 0 Å². The standard InChI is InChI=1S/C22H19ClN2O3/c1-13-6-7-14(22(27)24-16-8-9-16)10-15(13)11-20(26)21-12-19(25-28-21)17-4-2-3-5-18(17)23/h2-7,10,12,16H,8-9,11H2,1H3,(H,24,27). The average Bonchev–Trinajstić information content (AvgIpc) is 3.36. The third-order valence-corrected chi connectivity index (χ3v) is 5.14. The summed E-state index contributed by atoms with van der Waals surface area (Å²) in [7, 11) is 0. The van der Waals surface area contributed by atoms with Gasteiger partial charge in [0.15, 0.2) is 0 Å². The van der Waals surface area contributed by atoms with Crippen LogP contribution >= 0.6 is 11.6 Å². The first kappa shape index (κ1) is 18.4. The highest BCUT2D eigenvalue weighted by atomic mass is 35.5. The maximum Gasteiger partial charge on any atom is 0.251 e. The van der Waals surface area contributed by atoms with Crippen molar-refractivity contribution >= 4 is 23.3 Å². The molecule has 0 aliphatic heterocycles. The maximum atomic E-state index is 12.7. The van der Waals surface area contributed by atoms with Crippen LogP contribution in [0.2, 0.25) is 5.02 Å². The van der Waals surface area contributed by atoms with Gasteiger partial charge in [-0.25, -0.2) is 0 Å². The molecule has 1 aliphatic rings. The number of hydrogen-bond acceptors (Lipinski definition) is 4. The van der Waals surface area contributed by atoms with Crippen LogP contribution in [-0.2, 0) is 6.42 Å². The fraction of sp³-hybridized carbons (Fsp3) is 0.227. The summed E-state index contributed by atoms with van der Waals surface area (Å²) in [5.74, 6) is -0.132. The number of Topliss-reactive ketones (excluding diaryl/α,β-unsaturated/α-hetero) is 1. The van der Waals surface area contributed by atoms with Crippen LogP contribution in [0.3, 0.4) is 0 Å². The highest BCUT2D eigenvalue weighted by Crippen LogP contribution is 2.27. The summed E-state index contributed by atoms with van der Waals surface area (Å²) in [6.45, 7) is 1.92. The van der Waals surface area contributed by atoms with E-state index in [9.17, 15) is 9.59 Å². The van der Waals surface area contributed by atoms with Crippen LogP contribution in [0.4, 0.5) is 0 Å². The number of hydrogen-bond donors (Lipinski definition) is 1. The van der Waals surface area contributed by atoms with Gasteiger partial charge in [-0.3, -0.25) is 9.59 Å². The van der Waals surface area contributed by atoms with Gasteiger partial charge in [0.05, 0.1) is 5.02 Å². The van der Waals surface area contributed by atoms with E-state index in [1.807, 2.05) is 31.2 Å². The zero-order valence-corrected chi connectivity index (χ0v) is 16.1. The van der Waals surface area contributed by atoms with E-state index in [1.165, 1.54) is 0 Å². The molecule has 3 aromatic rings. The van der Waals surface area contributed by atoms with Gasteiger partial charge in [-0.1, -0.05) is 41.0 Å². The van der Waals surface area contributed by atoms with Crippen molar-refractivity contribution in [3.63, 3.8) is 0 Å². The van der Waals surface area contributed by atoms with Crippen molar-refractivity contribution in [1.29, 1.82) is 0 Å². The predicted octanol–water partition coefficient (Wildman–Crippen LogP) is 4.62. The fourth-order valence-electron chi connectivity index (χ4n) is 2.96. The van der Waals surface area contributed by atoms with E-state index in [2.05, 4.69) is 10.5 Å². The van der Waals surface area contributed by atoms with Gasteiger partial charge in [0.2, 0.25) is 11.5 Å². The summed E-state index contributed by atoms with van der Waals surface area (Å²) in [5, 5.41) is 7.48. The van der Waals surface area contributed by atoms with E-state index >= 15 is 0 Å². The minimum Gasteiger partial charge on any atom is -0.352 e. The van der Waals surface area contributed by atoms with Gasteiger partial charge in [-0.15, -0.1) is 0 Å². The molecule has 1 N–H and O–H groups in total. The number of nitrogens with zero attached hydrogens (tertiary/aromatic N) is 1. The van der Waals surface area contributed by atoms with E-state index in [0.717, 1.165) is 24.0 Å². The predicted molar refractivity (Wildman–Crippen MR) is 107 cm³/mol. The second-order valence-electron chi connectivity index (χ2n) is 7.05. The first-order valence-corrected chi connectivity index (χ1v) is 9.54. The van der Waals surface area contributed by atoms with Crippen LogP contribution in [0.5, 0.6) is 0 Å². The number of ketones is 1. The Morgan fingerprint density at radius 2 is 1.96 bits per heavy atom. The van der Waals surface area contributed by atoms with E-state index in [0.29, 0.717) is 21.8 Å². The first-order valence-electron chi connectivity index (χ1n) is 9.16. The minimum atomic E-state index is -0.200. The molecule has 0 bridgehead atoms. The Bertz CT molecular complexity index is 1050. The molecular formula is C22H19ClN2O3. The Balaban J connectivity index is 1.52. The molecule has 0 atom stereocenters. The summed E-state index contributed by atoms with van der Waals surface area (Å²) >= 11 is 6.18. The first-order chi connectivity index (χ1) is 13.5. The van der Waals surface area contributed by atoms with Gasteiger partial charge >= 0.3 is 0 Å². The lowest BCUT2D eigenvalue weighted by Gasteiger charge is -2.08. The third-order valence-electron chi connectivity index (χ3n) is 4.81. The van der Waals surface area contributed by atoms with Crippen molar-refractivity contribution in [3.8, 4) is 11.3 Å². The Morgan fingerprint density at radius 1 is 1.18 bits per heavy atom. The fourth-order valence-corrected chi connectivity index (χ4v) is 3.19. The van der Waals surface area contributed by atoms with Crippen LogP contribution in [0.25, 0.3) is 11.3 Å². The minimum absolute atomic E-state index is 0.100. The van der Waals surface area contributed by atoms with Crippen LogP contribution in [0.1, 0.15) is 44.9 Å². The molecule has 4 rings (SSSR count). The second kappa shape index (κ2) is 7.60. The maximum absolute atomic E-state index is 12.7. The van der Waals surface area contributed by atoms with Gasteiger partial charge in [-0.2, -0.15) is 0 Å². The van der Waals surface area contributed by atoms with Crippen molar-refractivity contribution in [2.75, 3.05) is 0 Å². The molecule has 1 heterocycles. The zero-order valence-electron chi connectivity index (χ0n) is 15.4. The number of amides is 1. The molecule has 1 aromatic heterocycles. The molecule has 1 fully saturated rings. The number of nitrogens with one attached hydrogen (secondary N) is 1. The van der Waals surface area contributed by atoms with Crippen molar-refractivity contribution < 1.29 is 14.1 Å². The molecule has 142 valence electrons. The molecule has 28 heavy (non-hydrogen) atoms. The molecule has 0 radical (unpaired) electrons. The third kappa shape index (κ3) is 3.99. The van der Waals surface area contributed by atoms with Gasteiger partial charge in [-0.05, 0) is 49.1 Å². The average molecular weight is 395 g/mol. The molecule has 1 aliphatic carbocycles. The Hall–Kier alpha value is -2.92. The molecule has 0 saturated heterocycles. The largest absolute Gasteiger partial charge is 0.352 e. The van der Waals surface area contributed by atoms with Crippen molar-refractivity contribution in [2.45, 2.75) is 32.2 Å². The second-order valence-corrected chi connectivity index (χ2v) is 7.45. The van der Waals surface area contributed by atoms with Gasteiger partial charge in [0, 0.05) is 29.7 Å². The molecule has 2 aromatic carbocycles. The molecule has 5 nitrogen and oxygen atoms in total. The lowest BCUT2D eigenvalue weighted by atomic mass is 9.99. The Labute approximate surface area is 167 Å². The number of rotatable bonds is 6. The number of halogens is 1. The highest BCUT2D eigenvalue weighted by Gasteiger charge is 2.24. The lowest BCUT2D eigenvalue weighted by Crippen LogP contribution is -2.25. The number of benzene rings is 2. The van der Waals surface area contributed by atoms with Gasteiger partial charge in [0.1, 0.15) is 5.69 Å². The van der Waals surface area contributed by atoms with Gasteiger partial charge in [0.25, 0.3) is 5.91 Å². The van der Waals surface area contributed by atoms with Crippen LogP contribution in [0.15, 0.2) is 53.1 Å². The van der Waals surface area contributed by atoms with E-state index in [-0.39, 0.29) is 29.9 Å². The summed E-state index contributed by atoms with van der Waals surface area (Å²) in [6, 6.07) is 14.6. The quantitative estimate of drug-likeness (QED) is 0.619. The summed E-state index contributed by atoms with van der Waals surface area (Å²) in [5.41, 5.74) is 3.53. The summed E-state index contributed by atoms with van der Waals surface area (Å²) < 4.78 is 5.25. The number of carbonyl (C=O) groups excluding carboxylic acids is 2. The zero-order chi connectivity index (χ0) is 19.7. The monoisotopic (exact) mass is 394 g/mol. The number of aromatic nitrogens is 1. The molecular weight excluding hydrogens is 376 g/mol. The Kier molecular flexibility index (Phi) is 5.01. The van der Waals surface area contributed by atoms with Crippen LogP contribution in [0, 0.1) is 6.92 Å². The molecule has 0 spiro atoms. The topological polar surface area (TPSA) is 72.2 Å². The number of carbonyl (C=O) groups is 2. The number of aryl methyl sites for hydroxylation is 1.